The quantitative estimate of drug-likeness (QED) is 0.203. The van der Waals surface area contributed by atoms with E-state index < -0.39 is 10.0 Å². The number of para-hydroxylation sites is 1. The van der Waals surface area contributed by atoms with Crippen LogP contribution in [0.2, 0.25) is 0 Å². The van der Waals surface area contributed by atoms with Crippen LogP contribution >= 0.6 is 0 Å². The summed E-state index contributed by atoms with van der Waals surface area (Å²) < 4.78 is 46.1. The van der Waals surface area contributed by atoms with E-state index in [-0.39, 0.29) is 22.7 Å². The van der Waals surface area contributed by atoms with Crippen LogP contribution in [-0.2, 0) is 16.4 Å². The number of hydrogen-bond acceptors (Lipinski definition) is 5. The summed E-state index contributed by atoms with van der Waals surface area (Å²) in [6.07, 6.45) is 2.50. The predicted octanol–water partition coefficient (Wildman–Crippen LogP) is 6.91. The molecule has 1 aliphatic heterocycles. The minimum Gasteiger partial charge on any atom is -0.367 e. The minimum absolute atomic E-state index is 0.102. The van der Waals surface area contributed by atoms with Crippen LogP contribution in [0.25, 0.3) is 10.8 Å². The molecule has 0 unspecified atom stereocenters. The van der Waals surface area contributed by atoms with E-state index in [0.717, 1.165) is 34.7 Å². The second-order valence-corrected chi connectivity index (χ2v) is 13.5. The molecule has 2 aliphatic rings. The predicted molar refractivity (Wildman–Crippen MR) is 182 cm³/mol. The van der Waals surface area contributed by atoms with Crippen LogP contribution in [0.4, 0.5) is 21.5 Å². The number of rotatable bonds is 7. The lowest BCUT2D eigenvalue weighted by atomic mass is 9.88. The molecule has 1 aliphatic carbocycles. The number of sulfonamides is 1. The molecule has 46 heavy (non-hydrogen) atoms. The molecule has 1 atom stereocenters. The minimum atomic E-state index is -4.03. The fourth-order valence-corrected chi connectivity index (χ4v) is 8.21. The monoisotopic (exact) mass is 634 g/mol. The Hall–Kier alpha value is -4.73. The molecule has 5 aromatic rings. The van der Waals surface area contributed by atoms with Gasteiger partial charge in [-0.3, -0.25) is 4.79 Å². The summed E-state index contributed by atoms with van der Waals surface area (Å²) in [6.45, 7) is 2.07. The van der Waals surface area contributed by atoms with Crippen LogP contribution in [-0.4, -0.2) is 40.5 Å². The first kappa shape index (κ1) is 30.0. The first-order valence-corrected chi connectivity index (χ1v) is 17.1. The van der Waals surface area contributed by atoms with Crippen molar-refractivity contribution in [3.63, 3.8) is 0 Å². The van der Waals surface area contributed by atoms with Gasteiger partial charge >= 0.3 is 0 Å². The third-order valence-corrected chi connectivity index (χ3v) is 10.5. The molecule has 1 amide bonds. The number of amides is 1. The Morgan fingerprint density at radius 2 is 1.46 bits per heavy atom. The molecule has 0 spiro atoms. The van der Waals surface area contributed by atoms with E-state index in [9.17, 15) is 17.6 Å². The van der Waals surface area contributed by atoms with Gasteiger partial charge in [-0.2, -0.15) is 0 Å². The van der Waals surface area contributed by atoms with E-state index in [1.807, 2.05) is 70.5 Å². The summed E-state index contributed by atoms with van der Waals surface area (Å²) in [5.74, 6) is -0.594. The summed E-state index contributed by atoms with van der Waals surface area (Å²) in [5, 5.41) is 4.71. The van der Waals surface area contributed by atoms with Crippen molar-refractivity contribution in [3.8, 4) is 0 Å². The number of fused-ring (bicyclic) bond motifs is 2. The molecule has 0 bridgehead atoms. The fraction of sp³-hybridized carbons (Fsp3) is 0.216. The van der Waals surface area contributed by atoms with Crippen molar-refractivity contribution in [1.82, 2.24) is 4.72 Å². The SMILES string of the molecule is O=C(Nc1ccc(N2CCN(c3ccccc3F)CC2)c(S(=O)(=O)N[C@@H]2CCCc3ccccc32)c1)c1cccc2ccccc12. The molecule has 0 aromatic heterocycles. The first-order chi connectivity index (χ1) is 22.4. The molecule has 7 nitrogen and oxygen atoms in total. The molecule has 2 N–H and O–H groups in total. The van der Waals surface area contributed by atoms with Crippen LogP contribution < -0.4 is 19.8 Å². The largest absolute Gasteiger partial charge is 0.367 e. The van der Waals surface area contributed by atoms with Gasteiger partial charge in [-0.15, -0.1) is 0 Å². The van der Waals surface area contributed by atoms with Crippen LogP contribution in [0.15, 0.2) is 114 Å². The van der Waals surface area contributed by atoms with E-state index in [2.05, 4.69) is 16.1 Å². The maximum Gasteiger partial charge on any atom is 0.256 e. The molecule has 5 aromatic carbocycles. The molecule has 0 saturated carbocycles. The number of piperazine rings is 1. The second kappa shape index (κ2) is 12.6. The Labute approximate surface area is 268 Å². The number of anilines is 3. The molecule has 1 heterocycles. The van der Waals surface area contributed by atoms with Gasteiger partial charge in [0.05, 0.1) is 11.4 Å². The Morgan fingerprint density at radius 3 is 2.28 bits per heavy atom. The number of nitrogens with one attached hydrogen (secondary N) is 2. The second-order valence-electron chi connectivity index (χ2n) is 11.9. The van der Waals surface area contributed by atoms with Crippen molar-refractivity contribution in [3.05, 3.63) is 132 Å². The molecule has 7 rings (SSSR count). The maximum atomic E-state index is 14.5. The lowest BCUT2D eigenvalue weighted by Crippen LogP contribution is -2.47. The van der Waals surface area contributed by atoms with Crippen LogP contribution in [0.5, 0.6) is 0 Å². The lowest BCUT2D eigenvalue weighted by molar-refractivity contribution is 0.102. The molecule has 234 valence electrons. The third kappa shape index (κ3) is 5.96. The average molecular weight is 635 g/mol. The number of nitrogens with zero attached hydrogens (tertiary/aromatic N) is 2. The van der Waals surface area contributed by atoms with Crippen molar-refractivity contribution >= 4 is 43.8 Å². The topological polar surface area (TPSA) is 81.8 Å². The molecule has 1 fully saturated rings. The average Bonchev–Trinajstić information content (AvgIpc) is 3.08. The first-order valence-electron chi connectivity index (χ1n) is 15.7. The Balaban J connectivity index is 1.21. The normalized spacial score (nSPS) is 16.7. The highest BCUT2D eigenvalue weighted by Crippen LogP contribution is 2.35. The Morgan fingerprint density at radius 1 is 0.761 bits per heavy atom. The van der Waals surface area contributed by atoms with Crippen LogP contribution in [0.3, 0.4) is 0 Å². The van der Waals surface area contributed by atoms with E-state index >= 15 is 0 Å². The Bertz CT molecular complexity index is 2020. The van der Waals surface area contributed by atoms with Gasteiger partial charge in [0.15, 0.2) is 0 Å². The van der Waals surface area contributed by atoms with Gasteiger partial charge in [0.25, 0.3) is 5.91 Å². The van der Waals surface area contributed by atoms with E-state index in [4.69, 9.17) is 0 Å². The number of benzene rings is 5. The molecular weight excluding hydrogens is 599 g/mol. The summed E-state index contributed by atoms with van der Waals surface area (Å²) in [6, 6.07) is 32.6. The van der Waals surface area contributed by atoms with Crippen molar-refractivity contribution in [1.29, 1.82) is 0 Å². The molecule has 0 radical (unpaired) electrons. The van der Waals surface area contributed by atoms with Gasteiger partial charge in [0, 0.05) is 43.5 Å². The van der Waals surface area contributed by atoms with Gasteiger partial charge in [-0.1, -0.05) is 72.8 Å². The van der Waals surface area contributed by atoms with Gasteiger partial charge in [-0.05, 0) is 77.6 Å². The summed E-state index contributed by atoms with van der Waals surface area (Å²) in [4.78, 5) is 17.6. The number of aryl methyl sites for hydroxylation is 1. The molecule has 9 heteroatoms. The van der Waals surface area contributed by atoms with Crippen molar-refractivity contribution in [2.24, 2.45) is 0 Å². The van der Waals surface area contributed by atoms with Gasteiger partial charge < -0.3 is 15.1 Å². The van der Waals surface area contributed by atoms with Crippen LogP contribution in [0.1, 0.15) is 40.4 Å². The molecule has 1 saturated heterocycles. The standard InChI is InChI=1S/C37H35FN4O3S/c38-32-16-5-6-18-34(32)41-21-23-42(24-22-41)35-20-19-28(39-37(43)31-15-7-11-26-9-1-3-13-29(26)31)25-36(35)46(44,45)40-33-17-8-12-27-10-2-4-14-30(27)33/h1-7,9-11,13-16,18-20,25,33,40H,8,12,17,21-24H2,(H,39,43)/t33-/m1/s1. The van der Waals surface area contributed by atoms with Gasteiger partial charge in [0.2, 0.25) is 10.0 Å². The van der Waals surface area contributed by atoms with Gasteiger partial charge in [0.1, 0.15) is 10.7 Å². The van der Waals surface area contributed by atoms with E-state index in [1.165, 1.54) is 6.07 Å². The summed E-state index contributed by atoms with van der Waals surface area (Å²) in [5.41, 5.74) is 4.13. The number of halogens is 1. The Kier molecular flexibility index (Phi) is 8.19. The third-order valence-electron chi connectivity index (χ3n) is 9.02. The highest BCUT2D eigenvalue weighted by atomic mass is 32.2. The van der Waals surface area contributed by atoms with Crippen molar-refractivity contribution in [2.45, 2.75) is 30.2 Å². The maximum absolute atomic E-state index is 14.5. The number of hydrogen-bond donors (Lipinski definition) is 2. The van der Waals surface area contributed by atoms with E-state index in [0.29, 0.717) is 55.2 Å². The molecular formula is C37H35FN4O3S. The van der Waals surface area contributed by atoms with Gasteiger partial charge in [-0.25, -0.2) is 17.5 Å². The zero-order chi connectivity index (χ0) is 31.7. The fourth-order valence-electron chi connectivity index (χ4n) is 6.71. The number of carbonyl (C=O) groups is 1. The lowest BCUT2D eigenvalue weighted by Gasteiger charge is -2.38. The zero-order valence-electron chi connectivity index (χ0n) is 25.3. The highest BCUT2D eigenvalue weighted by molar-refractivity contribution is 7.89. The van der Waals surface area contributed by atoms with Crippen LogP contribution in [0, 0.1) is 5.82 Å². The number of carbonyl (C=O) groups excluding carboxylic acids is 1. The van der Waals surface area contributed by atoms with Crippen molar-refractivity contribution < 1.29 is 17.6 Å². The summed E-state index contributed by atoms with van der Waals surface area (Å²) >= 11 is 0. The smallest absolute Gasteiger partial charge is 0.256 e. The van der Waals surface area contributed by atoms with E-state index in [1.54, 1.807) is 36.4 Å². The summed E-state index contributed by atoms with van der Waals surface area (Å²) in [7, 11) is -4.03. The highest BCUT2D eigenvalue weighted by Gasteiger charge is 2.30. The van der Waals surface area contributed by atoms with Crippen molar-refractivity contribution in [2.75, 3.05) is 41.3 Å². The zero-order valence-corrected chi connectivity index (χ0v) is 26.1.